The Bertz CT molecular complexity index is 361. The minimum atomic E-state index is 0.101. The summed E-state index contributed by atoms with van der Waals surface area (Å²) in [5.41, 5.74) is 14.0. The summed E-state index contributed by atoms with van der Waals surface area (Å²) in [5, 5.41) is 0. The Morgan fingerprint density at radius 2 is 1.88 bits per heavy atom. The van der Waals surface area contributed by atoms with Gasteiger partial charge in [-0.2, -0.15) is 0 Å². The van der Waals surface area contributed by atoms with E-state index in [9.17, 15) is 4.79 Å². The Hall–Kier alpha value is -1.19. The molecule has 1 rings (SSSR count). The molecular weight excluding hydrogens is 200 g/mol. The Balaban J connectivity index is 2.93. The number of carbonyl (C=O) groups is 1. The lowest BCUT2D eigenvalue weighted by molar-refractivity contribution is 0.101. The third kappa shape index (κ3) is 3.15. The van der Waals surface area contributed by atoms with Crippen LogP contribution in [0.25, 0.3) is 0 Å². The molecule has 3 nitrogen and oxygen atoms in total. The molecule has 0 saturated carbocycles. The van der Waals surface area contributed by atoms with Crippen LogP contribution >= 0.6 is 0 Å². The summed E-state index contributed by atoms with van der Waals surface area (Å²) in [6.07, 6.45) is 2.91. The highest BCUT2D eigenvalue weighted by Gasteiger charge is 2.11. The fourth-order valence-electron chi connectivity index (χ4n) is 1.94. The van der Waals surface area contributed by atoms with Gasteiger partial charge in [0.05, 0.1) is 0 Å². The van der Waals surface area contributed by atoms with Crippen LogP contribution in [0.1, 0.15) is 41.3 Å². The maximum Gasteiger partial charge on any atom is 0.160 e. The molecule has 0 saturated heterocycles. The first-order valence-electron chi connectivity index (χ1n) is 5.72. The molecule has 3 heteroatoms. The molecule has 0 aliphatic rings. The molecule has 0 unspecified atom stereocenters. The summed E-state index contributed by atoms with van der Waals surface area (Å²) in [6.45, 7) is 2.71. The molecule has 0 heterocycles. The van der Waals surface area contributed by atoms with Gasteiger partial charge in [-0.3, -0.25) is 4.79 Å². The van der Waals surface area contributed by atoms with E-state index >= 15 is 0 Å². The van der Waals surface area contributed by atoms with Crippen LogP contribution in [0.2, 0.25) is 0 Å². The second-order valence-electron chi connectivity index (χ2n) is 3.96. The van der Waals surface area contributed by atoms with E-state index in [1.54, 1.807) is 6.92 Å². The van der Waals surface area contributed by atoms with E-state index in [2.05, 4.69) is 0 Å². The third-order valence-electron chi connectivity index (χ3n) is 2.71. The zero-order valence-corrected chi connectivity index (χ0v) is 9.83. The van der Waals surface area contributed by atoms with E-state index in [1.165, 1.54) is 0 Å². The van der Waals surface area contributed by atoms with Crippen molar-refractivity contribution in [3.8, 4) is 0 Å². The van der Waals surface area contributed by atoms with Gasteiger partial charge in [-0.05, 0) is 43.9 Å². The number of carbonyl (C=O) groups excluding carboxylic acids is 1. The van der Waals surface area contributed by atoms with Gasteiger partial charge in [-0.25, -0.2) is 0 Å². The van der Waals surface area contributed by atoms with Gasteiger partial charge in [0, 0.05) is 12.1 Å². The Labute approximate surface area is 96.8 Å². The number of rotatable bonds is 6. The highest BCUT2D eigenvalue weighted by molar-refractivity contribution is 5.97. The van der Waals surface area contributed by atoms with Crippen molar-refractivity contribution >= 4 is 5.78 Å². The molecule has 0 aromatic heterocycles. The second kappa shape index (κ2) is 6.40. The highest BCUT2D eigenvalue weighted by atomic mass is 16.1. The molecule has 0 aliphatic carbocycles. The maximum atomic E-state index is 11.6. The van der Waals surface area contributed by atoms with Crippen molar-refractivity contribution in [2.45, 2.75) is 32.7 Å². The standard InChI is InChI=1S/C13H20N2O/c1-10(16)13-11(5-2-3-8-14)6-4-7-12(13)9-15/h4,6-7H,2-3,5,8-9,14-15H2,1H3. The zero-order chi connectivity index (χ0) is 12.0. The molecule has 0 radical (unpaired) electrons. The summed E-state index contributed by atoms with van der Waals surface area (Å²) in [5.74, 6) is 0.101. The van der Waals surface area contributed by atoms with Gasteiger partial charge in [0.2, 0.25) is 0 Å². The first-order chi connectivity index (χ1) is 7.70. The van der Waals surface area contributed by atoms with Crippen molar-refractivity contribution in [3.63, 3.8) is 0 Å². The Morgan fingerprint density at radius 3 is 2.44 bits per heavy atom. The van der Waals surface area contributed by atoms with Gasteiger partial charge in [-0.15, -0.1) is 0 Å². The summed E-state index contributed by atoms with van der Waals surface area (Å²) in [6, 6.07) is 5.89. The molecular formula is C13H20N2O. The summed E-state index contributed by atoms with van der Waals surface area (Å²) in [7, 11) is 0. The number of aryl methyl sites for hydroxylation is 1. The maximum absolute atomic E-state index is 11.6. The largest absolute Gasteiger partial charge is 0.330 e. The van der Waals surface area contributed by atoms with Crippen molar-refractivity contribution in [1.29, 1.82) is 0 Å². The molecule has 0 aliphatic heterocycles. The number of nitrogens with two attached hydrogens (primary N) is 2. The molecule has 1 aromatic carbocycles. The normalized spacial score (nSPS) is 10.4. The van der Waals surface area contributed by atoms with Crippen LogP contribution < -0.4 is 11.5 Å². The SMILES string of the molecule is CC(=O)c1c(CN)cccc1CCCCN. The van der Waals surface area contributed by atoms with Crippen molar-refractivity contribution in [2.75, 3.05) is 6.54 Å². The lowest BCUT2D eigenvalue weighted by atomic mass is 9.94. The van der Waals surface area contributed by atoms with Crippen molar-refractivity contribution in [3.05, 3.63) is 34.9 Å². The predicted octanol–water partition coefficient (Wildman–Crippen LogP) is 1.63. The monoisotopic (exact) mass is 220 g/mol. The fraction of sp³-hybridized carbons (Fsp3) is 0.462. The lowest BCUT2D eigenvalue weighted by Gasteiger charge is -2.11. The van der Waals surface area contributed by atoms with Crippen molar-refractivity contribution in [1.82, 2.24) is 0 Å². The van der Waals surface area contributed by atoms with Gasteiger partial charge in [0.25, 0.3) is 0 Å². The van der Waals surface area contributed by atoms with Crippen LogP contribution in [0.3, 0.4) is 0 Å². The van der Waals surface area contributed by atoms with Gasteiger partial charge in [0.1, 0.15) is 0 Å². The van der Waals surface area contributed by atoms with Crippen LogP contribution in [0.4, 0.5) is 0 Å². The molecule has 0 atom stereocenters. The number of ketones is 1. The average Bonchev–Trinajstić information content (AvgIpc) is 2.28. The Morgan fingerprint density at radius 1 is 1.19 bits per heavy atom. The molecule has 0 bridgehead atoms. The minimum absolute atomic E-state index is 0.101. The number of hydrogen-bond donors (Lipinski definition) is 2. The van der Waals surface area contributed by atoms with E-state index in [0.717, 1.165) is 36.0 Å². The number of hydrogen-bond acceptors (Lipinski definition) is 3. The molecule has 88 valence electrons. The van der Waals surface area contributed by atoms with Gasteiger partial charge in [0.15, 0.2) is 5.78 Å². The van der Waals surface area contributed by atoms with Crippen LogP contribution in [-0.2, 0) is 13.0 Å². The summed E-state index contributed by atoms with van der Waals surface area (Å²) in [4.78, 5) is 11.6. The topological polar surface area (TPSA) is 69.1 Å². The predicted molar refractivity (Wildman–Crippen MR) is 66.3 cm³/mol. The van der Waals surface area contributed by atoms with E-state index in [0.29, 0.717) is 13.1 Å². The second-order valence-corrected chi connectivity index (χ2v) is 3.96. The van der Waals surface area contributed by atoms with Gasteiger partial charge < -0.3 is 11.5 Å². The smallest absolute Gasteiger partial charge is 0.160 e. The van der Waals surface area contributed by atoms with E-state index in [-0.39, 0.29) is 5.78 Å². The first kappa shape index (κ1) is 12.9. The molecule has 0 amide bonds. The van der Waals surface area contributed by atoms with E-state index < -0.39 is 0 Å². The zero-order valence-electron chi connectivity index (χ0n) is 9.83. The molecule has 0 spiro atoms. The summed E-state index contributed by atoms with van der Waals surface area (Å²) < 4.78 is 0. The molecule has 0 fully saturated rings. The molecule has 16 heavy (non-hydrogen) atoms. The van der Waals surface area contributed by atoms with Crippen LogP contribution in [-0.4, -0.2) is 12.3 Å². The van der Waals surface area contributed by atoms with Crippen LogP contribution in [0, 0.1) is 0 Å². The first-order valence-corrected chi connectivity index (χ1v) is 5.72. The van der Waals surface area contributed by atoms with Crippen molar-refractivity contribution in [2.24, 2.45) is 11.5 Å². The lowest BCUT2D eigenvalue weighted by Crippen LogP contribution is -2.09. The quantitative estimate of drug-likeness (QED) is 0.565. The average molecular weight is 220 g/mol. The van der Waals surface area contributed by atoms with Crippen molar-refractivity contribution < 1.29 is 4.79 Å². The number of Topliss-reactive ketones (excluding diaryl/α,β-unsaturated/α-hetero) is 1. The van der Waals surface area contributed by atoms with Crippen LogP contribution in [0.15, 0.2) is 18.2 Å². The van der Waals surface area contributed by atoms with E-state index in [1.807, 2.05) is 18.2 Å². The summed E-state index contributed by atoms with van der Waals surface area (Å²) >= 11 is 0. The minimum Gasteiger partial charge on any atom is -0.330 e. The van der Waals surface area contributed by atoms with Gasteiger partial charge >= 0.3 is 0 Å². The Kier molecular flexibility index (Phi) is 5.15. The number of unbranched alkanes of at least 4 members (excludes halogenated alkanes) is 1. The molecule has 4 N–H and O–H groups in total. The highest BCUT2D eigenvalue weighted by Crippen LogP contribution is 2.17. The number of benzene rings is 1. The molecule has 1 aromatic rings. The van der Waals surface area contributed by atoms with Crippen LogP contribution in [0.5, 0.6) is 0 Å². The fourth-order valence-corrected chi connectivity index (χ4v) is 1.94. The van der Waals surface area contributed by atoms with E-state index in [4.69, 9.17) is 11.5 Å². The third-order valence-corrected chi connectivity index (χ3v) is 2.71. The van der Waals surface area contributed by atoms with Gasteiger partial charge in [-0.1, -0.05) is 18.2 Å².